The lowest BCUT2D eigenvalue weighted by Gasteiger charge is -2.47. The number of esters is 1. The largest absolute Gasteiger partial charge is 0.466 e. The molecular weight excluding hydrogens is 328 g/mol. The van der Waals surface area contributed by atoms with Gasteiger partial charge in [-0.2, -0.15) is 0 Å². The summed E-state index contributed by atoms with van der Waals surface area (Å²) in [6.07, 6.45) is -3.30. The van der Waals surface area contributed by atoms with E-state index in [0.717, 1.165) is 5.56 Å². The van der Waals surface area contributed by atoms with Gasteiger partial charge in [-0.1, -0.05) is 30.3 Å². The predicted octanol–water partition coefficient (Wildman–Crippen LogP) is 1.40. The average molecular weight is 352 g/mol. The molecule has 0 aliphatic carbocycles. The molecule has 0 bridgehead atoms. The van der Waals surface area contributed by atoms with Crippen molar-refractivity contribution in [3.05, 3.63) is 35.9 Å². The first kappa shape index (κ1) is 18.3. The highest BCUT2D eigenvalue weighted by molar-refractivity contribution is 5.69. The Hall–Kier alpha value is -1.51. The molecule has 1 aromatic carbocycles. The van der Waals surface area contributed by atoms with Crippen molar-refractivity contribution in [2.45, 2.75) is 44.2 Å². The van der Waals surface area contributed by atoms with Gasteiger partial charge in [0.05, 0.1) is 25.7 Å². The maximum Gasteiger partial charge on any atom is 0.306 e. The van der Waals surface area contributed by atoms with E-state index in [4.69, 9.17) is 23.7 Å². The second kappa shape index (κ2) is 8.25. The van der Waals surface area contributed by atoms with E-state index in [1.54, 1.807) is 6.92 Å². The lowest BCUT2D eigenvalue weighted by Crippen LogP contribution is -2.60. The van der Waals surface area contributed by atoms with E-state index in [1.807, 2.05) is 30.3 Å². The van der Waals surface area contributed by atoms with Crippen LogP contribution in [-0.4, -0.2) is 56.0 Å². The molecule has 7 heteroatoms. The highest BCUT2D eigenvalue weighted by Gasteiger charge is 2.50. The number of aliphatic hydroxyl groups excluding tert-OH is 1. The van der Waals surface area contributed by atoms with Gasteiger partial charge in [-0.3, -0.25) is 4.79 Å². The number of hydrogen-bond acceptors (Lipinski definition) is 7. The van der Waals surface area contributed by atoms with E-state index in [2.05, 4.69) is 0 Å². The van der Waals surface area contributed by atoms with E-state index in [9.17, 15) is 9.90 Å². The lowest BCUT2D eigenvalue weighted by molar-refractivity contribution is -0.350. The maximum absolute atomic E-state index is 11.9. The van der Waals surface area contributed by atoms with Crippen molar-refractivity contribution in [2.24, 2.45) is 5.92 Å². The number of aliphatic hydroxyl groups is 1. The van der Waals surface area contributed by atoms with Crippen molar-refractivity contribution in [3.63, 3.8) is 0 Å². The number of carbonyl (C=O) groups excluding carboxylic acids is 1. The number of ether oxygens (including phenoxy) is 5. The number of methoxy groups -OCH3 is 1. The fourth-order valence-corrected chi connectivity index (χ4v) is 3.29. The molecule has 7 nitrogen and oxygen atoms in total. The zero-order valence-corrected chi connectivity index (χ0v) is 14.4. The Morgan fingerprint density at radius 2 is 2.04 bits per heavy atom. The summed E-state index contributed by atoms with van der Waals surface area (Å²) in [5.41, 5.74) is 0.865. The van der Waals surface area contributed by atoms with Crippen LogP contribution in [0.3, 0.4) is 0 Å². The summed E-state index contributed by atoms with van der Waals surface area (Å²) in [6, 6.07) is 9.50. The zero-order valence-electron chi connectivity index (χ0n) is 14.4. The molecule has 1 aromatic rings. The van der Waals surface area contributed by atoms with Crippen molar-refractivity contribution in [2.75, 3.05) is 20.3 Å². The van der Waals surface area contributed by atoms with Gasteiger partial charge in [0.15, 0.2) is 12.6 Å². The Bertz CT molecular complexity index is 564. The predicted molar refractivity (Wildman–Crippen MR) is 86.4 cm³/mol. The molecule has 0 aromatic heterocycles. The van der Waals surface area contributed by atoms with Gasteiger partial charge in [-0.25, -0.2) is 0 Å². The number of rotatable bonds is 5. The molecule has 0 amide bonds. The lowest BCUT2D eigenvalue weighted by atomic mass is 9.88. The van der Waals surface area contributed by atoms with E-state index >= 15 is 0 Å². The van der Waals surface area contributed by atoms with Crippen LogP contribution in [0.25, 0.3) is 0 Å². The molecule has 3 rings (SSSR count). The standard InChI is InChI=1S/C18H24O7/c1-3-22-14(19)9-12-15(20)16-13(24-18(12)21-2)10-23-17(25-16)11-7-5-4-6-8-11/h4-8,12-13,15-18,20H,3,9-10H2,1-2H3/t12-,13+,15-,16+,17?,18-/m0/s1. The molecule has 2 aliphatic heterocycles. The third kappa shape index (κ3) is 4.02. The van der Waals surface area contributed by atoms with Gasteiger partial charge in [0.1, 0.15) is 12.2 Å². The molecule has 2 aliphatic rings. The molecule has 1 N–H and O–H groups in total. The SMILES string of the molecule is CCOC(=O)C[C@@H]1[C@@H](OC)O[C@@H]2COC(c3ccccc3)O[C@H]2[C@H]1O. The van der Waals surface area contributed by atoms with Crippen LogP contribution in [-0.2, 0) is 28.5 Å². The van der Waals surface area contributed by atoms with Crippen molar-refractivity contribution < 1.29 is 33.6 Å². The maximum atomic E-state index is 11.9. The molecule has 2 saturated heterocycles. The molecule has 2 fully saturated rings. The summed E-state index contributed by atoms with van der Waals surface area (Å²) in [5.74, 6) is -0.970. The van der Waals surface area contributed by atoms with Gasteiger partial charge < -0.3 is 28.8 Å². The van der Waals surface area contributed by atoms with Crippen LogP contribution < -0.4 is 0 Å². The van der Waals surface area contributed by atoms with E-state index in [1.165, 1.54) is 7.11 Å². The molecule has 6 atom stereocenters. The Balaban J connectivity index is 1.72. The van der Waals surface area contributed by atoms with Crippen LogP contribution in [0.4, 0.5) is 0 Å². The van der Waals surface area contributed by atoms with Gasteiger partial charge in [0.25, 0.3) is 0 Å². The molecule has 0 spiro atoms. The van der Waals surface area contributed by atoms with Crippen LogP contribution in [0.1, 0.15) is 25.2 Å². The van der Waals surface area contributed by atoms with Crippen molar-refractivity contribution >= 4 is 5.97 Å². The quantitative estimate of drug-likeness (QED) is 0.802. The minimum absolute atomic E-state index is 0.00302. The second-order valence-corrected chi connectivity index (χ2v) is 6.12. The Kier molecular flexibility index (Phi) is 6.03. The van der Waals surface area contributed by atoms with Gasteiger partial charge in [0.2, 0.25) is 0 Å². The highest BCUT2D eigenvalue weighted by Crippen LogP contribution is 2.37. The summed E-state index contributed by atoms with van der Waals surface area (Å²) in [6.45, 7) is 2.29. The number of carbonyl (C=O) groups is 1. The Labute approximate surface area is 146 Å². The van der Waals surface area contributed by atoms with Gasteiger partial charge in [0, 0.05) is 18.6 Å². The first-order chi connectivity index (χ1) is 12.1. The number of benzene rings is 1. The molecule has 1 unspecified atom stereocenters. The summed E-state index contributed by atoms with van der Waals surface area (Å²) in [4.78, 5) is 11.9. The zero-order chi connectivity index (χ0) is 17.8. The van der Waals surface area contributed by atoms with Crippen LogP contribution >= 0.6 is 0 Å². The first-order valence-electron chi connectivity index (χ1n) is 8.48. The highest BCUT2D eigenvalue weighted by atomic mass is 16.7. The van der Waals surface area contributed by atoms with Gasteiger partial charge >= 0.3 is 5.97 Å². The molecule has 25 heavy (non-hydrogen) atoms. The molecule has 2 heterocycles. The van der Waals surface area contributed by atoms with E-state index < -0.39 is 42.8 Å². The summed E-state index contributed by atoms with van der Waals surface area (Å²) < 4.78 is 27.8. The molecule has 0 radical (unpaired) electrons. The van der Waals surface area contributed by atoms with Crippen LogP contribution in [0.2, 0.25) is 0 Å². The Morgan fingerprint density at radius 3 is 2.72 bits per heavy atom. The minimum Gasteiger partial charge on any atom is -0.466 e. The van der Waals surface area contributed by atoms with Crippen LogP contribution in [0.5, 0.6) is 0 Å². The van der Waals surface area contributed by atoms with Crippen molar-refractivity contribution in [3.8, 4) is 0 Å². The third-order valence-electron chi connectivity index (χ3n) is 4.50. The molecule has 138 valence electrons. The summed E-state index contributed by atoms with van der Waals surface area (Å²) in [7, 11) is 1.48. The summed E-state index contributed by atoms with van der Waals surface area (Å²) in [5, 5.41) is 10.8. The second-order valence-electron chi connectivity index (χ2n) is 6.12. The minimum atomic E-state index is -0.928. The number of fused-ring (bicyclic) bond motifs is 1. The van der Waals surface area contributed by atoms with Crippen LogP contribution in [0, 0.1) is 5.92 Å². The fraction of sp³-hybridized carbons (Fsp3) is 0.611. The fourth-order valence-electron chi connectivity index (χ4n) is 3.29. The van der Waals surface area contributed by atoms with Crippen molar-refractivity contribution in [1.82, 2.24) is 0 Å². The van der Waals surface area contributed by atoms with E-state index in [-0.39, 0.29) is 19.6 Å². The third-order valence-corrected chi connectivity index (χ3v) is 4.50. The molecular formula is C18H24O7. The number of hydrogen-bond donors (Lipinski definition) is 1. The first-order valence-corrected chi connectivity index (χ1v) is 8.48. The Morgan fingerprint density at radius 1 is 1.28 bits per heavy atom. The van der Waals surface area contributed by atoms with Gasteiger partial charge in [-0.05, 0) is 6.92 Å². The van der Waals surface area contributed by atoms with Gasteiger partial charge in [-0.15, -0.1) is 0 Å². The van der Waals surface area contributed by atoms with Crippen molar-refractivity contribution in [1.29, 1.82) is 0 Å². The van der Waals surface area contributed by atoms with E-state index in [0.29, 0.717) is 0 Å². The van der Waals surface area contributed by atoms with Crippen LogP contribution in [0.15, 0.2) is 30.3 Å². The summed E-state index contributed by atoms with van der Waals surface area (Å²) >= 11 is 0. The smallest absolute Gasteiger partial charge is 0.306 e. The molecule has 0 saturated carbocycles. The average Bonchev–Trinajstić information content (AvgIpc) is 2.64. The normalized spacial score (nSPS) is 35.0. The monoisotopic (exact) mass is 352 g/mol. The topological polar surface area (TPSA) is 83.5 Å².